The van der Waals surface area contributed by atoms with Crippen molar-refractivity contribution in [2.45, 2.75) is 19.4 Å². The Morgan fingerprint density at radius 1 is 1.39 bits per heavy atom. The standard InChI is InChI=1S/C12H16F2N2OS/c1-12(2,17-3)6-16-8-5-4-7(11(15)18)9(13)10(8)14/h4-5,16H,6H2,1-3H3,(H2,15,18). The first kappa shape index (κ1) is 14.8. The predicted molar refractivity (Wildman–Crippen MR) is 71.8 cm³/mol. The van der Waals surface area contributed by atoms with Crippen molar-refractivity contribution >= 4 is 22.9 Å². The maximum absolute atomic E-state index is 13.7. The van der Waals surface area contributed by atoms with E-state index in [0.717, 1.165) is 0 Å². The van der Waals surface area contributed by atoms with E-state index in [1.54, 1.807) is 7.11 Å². The minimum absolute atomic E-state index is 0.0534. The van der Waals surface area contributed by atoms with Gasteiger partial charge in [-0.25, -0.2) is 8.78 Å². The van der Waals surface area contributed by atoms with Crippen LogP contribution in [0.25, 0.3) is 0 Å². The number of rotatable bonds is 5. The fourth-order valence-corrected chi connectivity index (χ4v) is 1.41. The Kier molecular flexibility index (Phi) is 4.59. The van der Waals surface area contributed by atoms with Gasteiger partial charge in [0.05, 0.1) is 11.3 Å². The van der Waals surface area contributed by atoms with Crippen LogP contribution in [0.1, 0.15) is 19.4 Å². The lowest BCUT2D eigenvalue weighted by Gasteiger charge is -2.24. The van der Waals surface area contributed by atoms with Gasteiger partial charge in [-0.05, 0) is 26.0 Å². The molecule has 3 N–H and O–H groups in total. The van der Waals surface area contributed by atoms with Crippen LogP contribution in [0.3, 0.4) is 0 Å². The van der Waals surface area contributed by atoms with Gasteiger partial charge in [0.15, 0.2) is 11.6 Å². The highest BCUT2D eigenvalue weighted by atomic mass is 32.1. The molecule has 1 aromatic rings. The van der Waals surface area contributed by atoms with E-state index in [4.69, 9.17) is 10.5 Å². The number of nitrogens with one attached hydrogen (secondary N) is 1. The van der Waals surface area contributed by atoms with Gasteiger partial charge in [-0.3, -0.25) is 0 Å². The molecule has 0 aliphatic carbocycles. The summed E-state index contributed by atoms with van der Waals surface area (Å²) in [4.78, 5) is -0.171. The molecule has 6 heteroatoms. The molecule has 0 heterocycles. The highest BCUT2D eigenvalue weighted by molar-refractivity contribution is 7.80. The van der Waals surface area contributed by atoms with Crippen LogP contribution in [0.5, 0.6) is 0 Å². The first-order valence-electron chi connectivity index (χ1n) is 5.35. The van der Waals surface area contributed by atoms with E-state index in [1.165, 1.54) is 12.1 Å². The lowest BCUT2D eigenvalue weighted by atomic mass is 10.1. The fraction of sp³-hybridized carbons (Fsp3) is 0.417. The second-order valence-electron chi connectivity index (χ2n) is 4.47. The molecular formula is C12H16F2N2OS. The summed E-state index contributed by atoms with van der Waals surface area (Å²) in [6, 6.07) is 2.75. The van der Waals surface area contributed by atoms with Crippen LogP contribution in [-0.4, -0.2) is 24.2 Å². The molecule has 0 fully saturated rings. The number of hydrogen-bond acceptors (Lipinski definition) is 3. The summed E-state index contributed by atoms with van der Waals surface area (Å²) in [6.45, 7) is 4.00. The van der Waals surface area contributed by atoms with E-state index in [2.05, 4.69) is 17.5 Å². The molecule has 0 aliphatic heterocycles. The Balaban J connectivity index is 2.93. The normalized spacial score (nSPS) is 11.4. The summed E-state index contributed by atoms with van der Waals surface area (Å²) in [5.41, 5.74) is 4.76. The number of nitrogens with two attached hydrogens (primary N) is 1. The number of thiocarbonyl (C=S) groups is 1. The predicted octanol–water partition coefficient (Wildman–Crippen LogP) is 2.44. The smallest absolute Gasteiger partial charge is 0.182 e. The van der Waals surface area contributed by atoms with Crippen molar-refractivity contribution in [3.63, 3.8) is 0 Å². The molecule has 3 nitrogen and oxygen atoms in total. The molecule has 0 radical (unpaired) electrons. The zero-order chi connectivity index (χ0) is 13.9. The molecule has 0 bridgehead atoms. The lowest BCUT2D eigenvalue weighted by molar-refractivity contribution is 0.0343. The fourth-order valence-electron chi connectivity index (χ4n) is 1.26. The van der Waals surface area contributed by atoms with Crippen molar-refractivity contribution < 1.29 is 13.5 Å². The van der Waals surface area contributed by atoms with Crippen LogP contribution in [0, 0.1) is 11.6 Å². The zero-order valence-corrected chi connectivity index (χ0v) is 11.3. The third-order valence-corrected chi connectivity index (χ3v) is 2.82. The molecule has 0 spiro atoms. The van der Waals surface area contributed by atoms with Gasteiger partial charge < -0.3 is 15.8 Å². The third kappa shape index (κ3) is 3.36. The molecule has 0 unspecified atom stereocenters. The molecule has 0 aromatic heterocycles. The van der Waals surface area contributed by atoms with Crippen LogP contribution in [0.4, 0.5) is 14.5 Å². The number of hydrogen-bond donors (Lipinski definition) is 2. The summed E-state index contributed by atoms with van der Waals surface area (Å²) in [5, 5.41) is 2.79. The van der Waals surface area contributed by atoms with Crippen molar-refractivity contribution in [2.75, 3.05) is 19.0 Å². The van der Waals surface area contributed by atoms with Crippen LogP contribution < -0.4 is 11.1 Å². The number of methoxy groups -OCH3 is 1. The SMILES string of the molecule is COC(C)(C)CNc1ccc(C(N)=S)c(F)c1F. The Hall–Kier alpha value is -1.27. The van der Waals surface area contributed by atoms with Gasteiger partial charge >= 0.3 is 0 Å². The van der Waals surface area contributed by atoms with Gasteiger partial charge in [0.1, 0.15) is 4.99 Å². The second kappa shape index (κ2) is 5.58. The first-order valence-corrected chi connectivity index (χ1v) is 5.76. The maximum Gasteiger partial charge on any atom is 0.182 e. The number of halogens is 2. The largest absolute Gasteiger partial charge is 0.389 e. The van der Waals surface area contributed by atoms with Crippen LogP contribution >= 0.6 is 12.2 Å². The Morgan fingerprint density at radius 2 is 2.00 bits per heavy atom. The second-order valence-corrected chi connectivity index (χ2v) is 4.91. The van der Waals surface area contributed by atoms with E-state index in [1.807, 2.05) is 13.8 Å². The molecule has 0 atom stereocenters. The highest BCUT2D eigenvalue weighted by Gasteiger charge is 2.19. The van der Waals surface area contributed by atoms with Gasteiger partial charge in [-0.1, -0.05) is 12.2 Å². The summed E-state index contributed by atoms with van der Waals surface area (Å²) in [5.74, 6) is -2.03. The van der Waals surface area contributed by atoms with Crippen molar-refractivity contribution in [1.82, 2.24) is 0 Å². The molecule has 1 rings (SSSR count). The summed E-state index contributed by atoms with van der Waals surface area (Å²) in [7, 11) is 1.55. The maximum atomic E-state index is 13.7. The minimum Gasteiger partial charge on any atom is -0.389 e. The van der Waals surface area contributed by atoms with Crippen molar-refractivity contribution in [1.29, 1.82) is 0 Å². The zero-order valence-electron chi connectivity index (χ0n) is 10.5. The highest BCUT2D eigenvalue weighted by Crippen LogP contribution is 2.21. The van der Waals surface area contributed by atoms with E-state index >= 15 is 0 Å². The van der Waals surface area contributed by atoms with Crippen molar-refractivity contribution in [3.8, 4) is 0 Å². The van der Waals surface area contributed by atoms with E-state index in [0.29, 0.717) is 6.54 Å². The molecule has 0 saturated heterocycles. The van der Waals surface area contributed by atoms with Gasteiger partial charge in [-0.2, -0.15) is 0 Å². The number of anilines is 1. The molecule has 0 amide bonds. The monoisotopic (exact) mass is 274 g/mol. The topological polar surface area (TPSA) is 47.3 Å². The molecule has 100 valence electrons. The average Bonchev–Trinajstić information content (AvgIpc) is 2.30. The average molecular weight is 274 g/mol. The van der Waals surface area contributed by atoms with E-state index in [9.17, 15) is 8.78 Å². The number of benzene rings is 1. The number of ether oxygens (including phenoxy) is 1. The van der Waals surface area contributed by atoms with Gasteiger partial charge in [-0.15, -0.1) is 0 Å². The Morgan fingerprint density at radius 3 is 2.50 bits per heavy atom. The molecule has 1 aromatic carbocycles. The summed E-state index contributed by atoms with van der Waals surface area (Å²) >= 11 is 4.63. The Labute approximate surface area is 110 Å². The summed E-state index contributed by atoms with van der Waals surface area (Å²) < 4.78 is 32.5. The van der Waals surface area contributed by atoms with Gasteiger partial charge in [0, 0.05) is 19.2 Å². The first-order chi connectivity index (χ1) is 8.28. The minimum atomic E-state index is -1.04. The van der Waals surface area contributed by atoms with Crippen LogP contribution in [-0.2, 0) is 4.74 Å². The van der Waals surface area contributed by atoms with Crippen molar-refractivity contribution in [3.05, 3.63) is 29.3 Å². The molecule has 0 aliphatic rings. The molecular weight excluding hydrogens is 258 g/mol. The van der Waals surface area contributed by atoms with Gasteiger partial charge in [0.25, 0.3) is 0 Å². The van der Waals surface area contributed by atoms with Crippen LogP contribution in [0.2, 0.25) is 0 Å². The van der Waals surface area contributed by atoms with E-state index < -0.39 is 17.2 Å². The Bertz CT molecular complexity index is 464. The lowest BCUT2D eigenvalue weighted by Crippen LogP contribution is -2.32. The third-order valence-electron chi connectivity index (χ3n) is 2.60. The van der Waals surface area contributed by atoms with Gasteiger partial charge in [0.2, 0.25) is 0 Å². The quantitative estimate of drug-likeness (QED) is 0.810. The molecule has 18 heavy (non-hydrogen) atoms. The van der Waals surface area contributed by atoms with Crippen molar-refractivity contribution in [2.24, 2.45) is 5.73 Å². The molecule has 0 saturated carbocycles. The van der Waals surface area contributed by atoms with Crippen LogP contribution in [0.15, 0.2) is 12.1 Å². The summed E-state index contributed by atoms with van der Waals surface area (Å²) in [6.07, 6.45) is 0. The van der Waals surface area contributed by atoms with E-state index in [-0.39, 0.29) is 16.2 Å².